The van der Waals surface area contributed by atoms with E-state index in [1.807, 2.05) is 78.6 Å². The summed E-state index contributed by atoms with van der Waals surface area (Å²) >= 11 is 5.72. The summed E-state index contributed by atoms with van der Waals surface area (Å²) in [6.07, 6.45) is 1.98. The number of nitrogens with one attached hydrogen (secondary N) is 2. The zero-order chi connectivity index (χ0) is 27.4. The Labute approximate surface area is 232 Å². The van der Waals surface area contributed by atoms with E-state index in [4.69, 9.17) is 21.4 Å². The molecule has 0 spiro atoms. The largest absolute Gasteiger partial charge is 0.465 e. The zero-order valence-corrected chi connectivity index (χ0v) is 22.4. The number of anilines is 1. The van der Waals surface area contributed by atoms with Gasteiger partial charge in [0.15, 0.2) is 5.11 Å². The number of esters is 1. The molecule has 8 nitrogen and oxygen atoms in total. The number of aryl methyl sites for hydroxylation is 1. The lowest BCUT2D eigenvalue weighted by atomic mass is 10.0. The standard InChI is InChI=1S/C30H28N4O4S/c1-19-7-3-4-8-22(19)32-26(35)16-18-34-28(27(33-30(34)39)23-9-5-6-17-31-23)25-15-14-24(38-25)20-10-12-21(13-11-20)29(36)37-2/h3-15,17,27-28H,16,18H2,1-2H3,(H,32,35)(H,33,39)/t27-,28-/m1/s1. The first-order valence-electron chi connectivity index (χ1n) is 12.6. The van der Waals surface area contributed by atoms with Gasteiger partial charge in [0.25, 0.3) is 0 Å². The minimum absolute atomic E-state index is 0.0991. The summed E-state index contributed by atoms with van der Waals surface area (Å²) in [7, 11) is 1.35. The van der Waals surface area contributed by atoms with Gasteiger partial charge in [0.05, 0.1) is 24.4 Å². The SMILES string of the molecule is COC(=O)c1ccc(-c2ccc([C@@H]3[C@@H](c4ccccn4)NC(=S)N3CCC(=O)Nc3ccccc3C)o2)cc1. The van der Waals surface area contributed by atoms with E-state index in [2.05, 4.69) is 15.6 Å². The molecule has 0 radical (unpaired) electrons. The van der Waals surface area contributed by atoms with Crippen LogP contribution in [0, 0.1) is 6.92 Å². The number of aromatic nitrogens is 1. The van der Waals surface area contributed by atoms with Gasteiger partial charge in [0, 0.05) is 30.4 Å². The number of carbonyl (C=O) groups excluding carboxylic acids is 2. The van der Waals surface area contributed by atoms with E-state index >= 15 is 0 Å². The van der Waals surface area contributed by atoms with Gasteiger partial charge in [0.2, 0.25) is 5.91 Å². The second-order valence-corrected chi connectivity index (χ2v) is 9.59. The van der Waals surface area contributed by atoms with Gasteiger partial charge in [-0.15, -0.1) is 0 Å². The van der Waals surface area contributed by atoms with Crippen molar-refractivity contribution in [1.82, 2.24) is 15.2 Å². The normalized spacial score (nSPS) is 16.6. The molecule has 1 aliphatic rings. The van der Waals surface area contributed by atoms with Crippen molar-refractivity contribution in [1.29, 1.82) is 0 Å². The Morgan fingerprint density at radius 1 is 1.05 bits per heavy atom. The molecule has 0 saturated carbocycles. The Morgan fingerprint density at radius 2 is 1.82 bits per heavy atom. The highest BCUT2D eigenvalue weighted by Gasteiger charge is 2.41. The summed E-state index contributed by atoms with van der Waals surface area (Å²) in [5, 5.41) is 6.90. The van der Waals surface area contributed by atoms with E-state index in [0.29, 0.717) is 28.7 Å². The third-order valence-corrected chi connectivity index (χ3v) is 7.06. The highest BCUT2D eigenvalue weighted by atomic mass is 32.1. The molecule has 2 aromatic carbocycles. The first kappa shape index (κ1) is 26.1. The summed E-state index contributed by atoms with van der Waals surface area (Å²) in [5.41, 5.74) is 3.89. The Hall–Kier alpha value is -4.50. The second-order valence-electron chi connectivity index (χ2n) is 9.20. The van der Waals surface area contributed by atoms with Gasteiger partial charge >= 0.3 is 5.97 Å². The van der Waals surface area contributed by atoms with Crippen LogP contribution in [-0.2, 0) is 9.53 Å². The Kier molecular flexibility index (Phi) is 7.69. The fourth-order valence-electron chi connectivity index (χ4n) is 4.66. The molecule has 2 atom stereocenters. The maximum atomic E-state index is 12.8. The van der Waals surface area contributed by atoms with Crippen molar-refractivity contribution in [2.75, 3.05) is 19.0 Å². The molecule has 3 heterocycles. The van der Waals surface area contributed by atoms with Crippen molar-refractivity contribution in [2.24, 2.45) is 0 Å². The number of hydrogen-bond acceptors (Lipinski definition) is 6. The number of hydrogen-bond donors (Lipinski definition) is 2. The lowest BCUT2D eigenvalue weighted by molar-refractivity contribution is -0.116. The molecule has 39 heavy (non-hydrogen) atoms. The molecule has 1 amide bonds. The Bertz CT molecular complexity index is 1490. The van der Waals surface area contributed by atoms with E-state index in [1.54, 1.807) is 18.3 Å². The van der Waals surface area contributed by atoms with Crippen LogP contribution in [0.15, 0.2) is 89.5 Å². The predicted molar refractivity (Wildman–Crippen MR) is 152 cm³/mol. The van der Waals surface area contributed by atoms with E-state index in [9.17, 15) is 9.59 Å². The molecule has 4 aromatic rings. The van der Waals surface area contributed by atoms with Crippen LogP contribution in [0.2, 0.25) is 0 Å². The minimum atomic E-state index is -0.396. The van der Waals surface area contributed by atoms with Crippen molar-refractivity contribution >= 4 is 34.9 Å². The third-order valence-electron chi connectivity index (χ3n) is 6.71. The summed E-state index contributed by atoms with van der Waals surface area (Å²) < 4.78 is 11.1. The van der Waals surface area contributed by atoms with Crippen LogP contribution in [0.4, 0.5) is 5.69 Å². The molecule has 0 bridgehead atoms. The van der Waals surface area contributed by atoms with E-state index in [0.717, 1.165) is 22.5 Å². The maximum absolute atomic E-state index is 12.8. The van der Waals surface area contributed by atoms with Gasteiger partial charge in [-0.25, -0.2) is 4.79 Å². The number of nitrogens with zero attached hydrogens (tertiary/aromatic N) is 2. The van der Waals surface area contributed by atoms with Crippen LogP contribution in [0.25, 0.3) is 11.3 Å². The molecule has 1 saturated heterocycles. The van der Waals surface area contributed by atoms with Gasteiger partial charge in [-0.3, -0.25) is 9.78 Å². The van der Waals surface area contributed by atoms with Crippen molar-refractivity contribution < 1.29 is 18.7 Å². The lowest BCUT2D eigenvalue weighted by Gasteiger charge is -2.26. The number of pyridine rings is 1. The quantitative estimate of drug-likeness (QED) is 0.225. The van der Waals surface area contributed by atoms with E-state index in [1.165, 1.54) is 7.11 Å². The molecule has 1 fully saturated rings. The van der Waals surface area contributed by atoms with Crippen LogP contribution in [0.5, 0.6) is 0 Å². The Morgan fingerprint density at radius 3 is 2.54 bits per heavy atom. The lowest BCUT2D eigenvalue weighted by Crippen LogP contribution is -2.32. The molecule has 198 valence electrons. The number of para-hydroxylation sites is 1. The summed E-state index contributed by atoms with van der Waals surface area (Å²) in [6, 6.07) is 23.7. The first-order valence-corrected chi connectivity index (χ1v) is 13.0. The predicted octanol–water partition coefficient (Wildman–Crippen LogP) is 5.44. The molecule has 9 heteroatoms. The average molecular weight is 541 g/mol. The van der Waals surface area contributed by atoms with Crippen molar-refractivity contribution in [2.45, 2.75) is 25.4 Å². The van der Waals surface area contributed by atoms with Gasteiger partial charge in [0.1, 0.15) is 17.6 Å². The van der Waals surface area contributed by atoms with Gasteiger partial charge < -0.3 is 24.7 Å². The zero-order valence-electron chi connectivity index (χ0n) is 21.6. The molecular formula is C30H28N4O4S. The minimum Gasteiger partial charge on any atom is -0.465 e. The number of benzene rings is 2. The molecule has 0 unspecified atom stereocenters. The summed E-state index contributed by atoms with van der Waals surface area (Å²) in [4.78, 5) is 31.2. The number of rotatable bonds is 8. The number of ether oxygens (including phenoxy) is 1. The molecular weight excluding hydrogens is 512 g/mol. The highest BCUT2D eigenvalue weighted by molar-refractivity contribution is 7.80. The first-order chi connectivity index (χ1) is 18.9. The van der Waals surface area contributed by atoms with Gasteiger partial charge in [-0.1, -0.05) is 36.4 Å². The van der Waals surface area contributed by atoms with Crippen LogP contribution < -0.4 is 10.6 Å². The van der Waals surface area contributed by atoms with Gasteiger partial charge in [-0.05, 0) is 67.2 Å². The number of carbonyl (C=O) groups is 2. The van der Waals surface area contributed by atoms with Crippen molar-refractivity contribution in [3.05, 3.63) is 108 Å². The summed E-state index contributed by atoms with van der Waals surface area (Å²) in [6.45, 7) is 2.35. The fraction of sp³-hybridized carbons (Fsp3) is 0.200. The molecule has 2 N–H and O–H groups in total. The van der Waals surface area contributed by atoms with Crippen LogP contribution in [0.3, 0.4) is 0 Å². The fourth-order valence-corrected chi connectivity index (χ4v) is 4.99. The summed E-state index contributed by atoms with van der Waals surface area (Å²) in [5.74, 6) is 0.839. The number of thiocarbonyl (C=S) groups is 1. The van der Waals surface area contributed by atoms with E-state index in [-0.39, 0.29) is 24.4 Å². The van der Waals surface area contributed by atoms with E-state index < -0.39 is 5.97 Å². The molecule has 2 aromatic heterocycles. The van der Waals surface area contributed by atoms with Gasteiger partial charge in [-0.2, -0.15) is 0 Å². The molecule has 5 rings (SSSR count). The monoisotopic (exact) mass is 540 g/mol. The number of amides is 1. The van der Waals surface area contributed by atoms with Crippen molar-refractivity contribution in [3.8, 4) is 11.3 Å². The molecule has 1 aliphatic heterocycles. The third kappa shape index (κ3) is 5.68. The number of methoxy groups -OCH3 is 1. The topological polar surface area (TPSA) is 96.7 Å². The average Bonchev–Trinajstić information content (AvgIpc) is 3.58. The van der Waals surface area contributed by atoms with Crippen LogP contribution >= 0.6 is 12.2 Å². The van der Waals surface area contributed by atoms with Crippen LogP contribution in [-0.4, -0.2) is 40.5 Å². The molecule has 0 aliphatic carbocycles. The smallest absolute Gasteiger partial charge is 0.337 e. The second kappa shape index (κ2) is 11.5. The number of furan rings is 1. The maximum Gasteiger partial charge on any atom is 0.337 e. The Balaban J connectivity index is 1.39. The van der Waals surface area contributed by atoms with Crippen molar-refractivity contribution in [3.63, 3.8) is 0 Å². The highest BCUT2D eigenvalue weighted by Crippen LogP contribution is 2.40. The van der Waals surface area contributed by atoms with Crippen LogP contribution in [0.1, 0.15) is 45.9 Å².